The topological polar surface area (TPSA) is 54.2 Å². The van der Waals surface area contributed by atoms with Crippen molar-refractivity contribution in [2.45, 2.75) is 25.6 Å². The van der Waals surface area contributed by atoms with Gasteiger partial charge in [-0.05, 0) is 72.7 Å². The summed E-state index contributed by atoms with van der Waals surface area (Å²) in [4.78, 5) is 10.9. The van der Waals surface area contributed by atoms with E-state index < -0.39 is 0 Å². The Morgan fingerprint density at radius 3 is 2.66 bits per heavy atom. The zero-order valence-electron chi connectivity index (χ0n) is 17.4. The third-order valence-electron chi connectivity index (χ3n) is 5.75. The van der Waals surface area contributed by atoms with Crippen LogP contribution in [0.1, 0.15) is 34.7 Å². The lowest BCUT2D eigenvalue weighted by atomic mass is 10.0. The van der Waals surface area contributed by atoms with Crippen molar-refractivity contribution >= 4 is 28.9 Å². The molecule has 3 aromatic heterocycles. The Morgan fingerprint density at radius 1 is 1.03 bits per heavy atom. The molecule has 4 heterocycles. The molecule has 0 radical (unpaired) electrons. The van der Waals surface area contributed by atoms with E-state index >= 15 is 0 Å². The summed E-state index contributed by atoms with van der Waals surface area (Å²) in [5.41, 5.74) is 4.00. The van der Waals surface area contributed by atoms with E-state index in [9.17, 15) is 0 Å². The molecule has 1 N–H and O–H groups in total. The van der Waals surface area contributed by atoms with Crippen LogP contribution in [0.2, 0.25) is 5.02 Å². The van der Waals surface area contributed by atoms with Gasteiger partial charge in [0.1, 0.15) is 17.6 Å². The van der Waals surface area contributed by atoms with Crippen LogP contribution in [0.4, 0.5) is 0 Å². The molecule has 1 saturated heterocycles. The number of furan rings is 1. The van der Waals surface area contributed by atoms with Gasteiger partial charge in [-0.3, -0.25) is 9.97 Å². The minimum absolute atomic E-state index is 0.134. The molecule has 7 heteroatoms. The van der Waals surface area contributed by atoms with Crippen LogP contribution in [0.5, 0.6) is 0 Å². The minimum atomic E-state index is -0.154. The molecule has 0 unspecified atom stereocenters. The number of nitrogens with zero attached hydrogens (tertiary/aromatic N) is 3. The highest BCUT2D eigenvalue weighted by Gasteiger charge is 2.41. The summed E-state index contributed by atoms with van der Waals surface area (Å²) in [6.07, 6.45) is 5.38. The van der Waals surface area contributed by atoms with Gasteiger partial charge in [0.05, 0.1) is 11.7 Å². The molecule has 0 amide bonds. The first-order chi connectivity index (χ1) is 15.6. The van der Waals surface area contributed by atoms with Crippen molar-refractivity contribution in [3.8, 4) is 11.3 Å². The molecule has 5 rings (SSSR count). The van der Waals surface area contributed by atoms with Crippen molar-refractivity contribution in [1.29, 1.82) is 0 Å². The van der Waals surface area contributed by atoms with Crippen LogP contribution in [0.25, 0.3) is 11.3 Å². The van der Waals surface area contributed by atoms with Crippen LogP contribution in [-0.2, 0) is 6.54 Å². The van der Waals surface area contributed by atoms with Gasteiger partial charge in [-0.25, -0.2) is 0 Å². The number of hydrogen-bond donors (Lipinski definition) is 1. The highest BCUT2D eigenvalue weighted by molar-refractivity contribution is 7.80. The first kappa shape index (κ1) is 20.7. The van der Waals surface area contributed by atoms with Crippen molar-refractivity contribution in [3.05, 3.63) is 107 Å². The van der Waals surface area contributed by atoms with E-state index in [0.29, 0.717) is 11.7 Å². The van der Waals surface area contributed by atoms with Crippen molar-refractivity contribution in [2.75, 3.05) is 0 Å². The van der Waals surface area contributed by atoms with Gasteiger partial charge in [0.2, 0.25) is 0 Å². The molecule has 1 aliphatic rings. The summed E-state index contributed by atoms with van der Waals surface area (Å²) < 4.78 is 6.42. The maximum atomic E-state index is 6.42. The Kier molecular flexibility index (Phi) is 5.64. The second kappa shape index (κ2) is 8.73. The molecule has 0 bridgehead atoms. The molecule has 0 spiro atoms. The van der Waals surface area contributed by atoms with E-state index in [0.717, 1.165) is 38.9 Å². The predicted molar refractivity (Wildman–Crippen MR) is 129 cm³/mol. The predicted octanol–water partition coefficient (Wildman–Crippen LogP) is 5.87. The van der Waals surface area contributed by atoms with E-state index in [1.807, 2.05) is 67.6 Å². The number of pyridine rings is 2. The van der Waals surface area contributed by atoms with Crippen LogP contribution in [0.15, 0.2) is 83.7 Å². The van der Waals surface area contributed by atoms with Crippen LogP contribution in [0.3, 0.4) is 0 Å². The molecule has 160 valence electrons. The molecule has 1 aliphatic heterocycles. The van der Waals surface area contributed by atoms with E-state index in [1.165, 1.54) is 0 Å². The molecule has 1 fully saturated rings. The third kappa shape index (κ3) is 3.87. The standard InChI is InChI=1S/C25H21ClN4OS/c1-16-18(5-4-6-19(16)26)21-8-9-22(31-21)24-23(20-7-2-3-12-28-20)29-25(32)30(24)15-17-10-13-27-14-11-17/h2-14,23-24H,15H2,1H3,(H,29,32)/t23-,24-/m0/s1. The minimum Gasteiger partial charge on any atom is -0.459 e. The second-order valence-electron chi connectivity index (χ2n) is 7.72. The Balaban J connectivity index is 1.56. The number of benzene rings is 1. The summed E-state index contributed by atoms with van der Waals surface area (Å²) in [5.74, 6) is 1.60. The number of nitrogens with one attached hydrogen (secondary N) is 1. The van der Waals surface area contributed by atoms with Crippen molar-refractivity contribution in [2.24, 2.45) is 0 Å². The summed E-state index contributed by atoms with van der Waals surface area (Å²) in [6.45, 7) is 2.63. The maximum Gasteiger partial charge on any atom is 0.170 e. The first-order valence-electron chi connectivity index (χ1n) is 10.3. The average molecular weight is 461 g/mol. The smallest absolute Gasteiger partial charge is 0.170 e. The van der Waals surface area contributed by atoms with Gasteiger partial charge in [-0.2, -0.15) is 0 Å². The van der Waals surface area contributed by atoms with E-state index in [-0.39, 0.29) is 12.1 Å². The fourth-order valence-corrected chi connectivity index (χ4v) is 4.58. The fourth-order valence-electron chi connectivity index (χ4n) is 4.10. The van der Waals surface area contributed by atoms with Gasteiger partial charge in [-0.1, -0.05) is 29.8 Å². The van der Waals surface area contributed by atoms with Crippen molar-refractivity contribution in [1.82, 2.24) is 20.2 Å². The van der Waals surface area contributed by atoms with E-state index in [1.54, 1.807) is 18.6 Å². The Hall–Kier alpha value is -3.22. The van der Waals surface area contributed by atoms with Crippen LogP contribution >= 0.6 is 23.8 Å². The summed E-state index contributed by atoms with van der Waals surface area (Å²) in [5, 5.41) is 4.84. The van der Waals surface area contributed by atoms with E-state index in [2.05, 4.69) is 20.2 Å². The summed E-state index contributed by atoms with van der Waals surface area (Å²) in [7, 11) is 0. The highest BCUT2D eigenvalue weighted by Crippen LogP contribution is 2.41. The number of aromatic nitrogens is 2. The molecule has 0 aliphatic carbocycles. The first-order valence-corrected chi connectivity index (χ1v) is 11.1. The van der Waals surface area contributed by atoms with Crippen LogP contribution in [0, 0.1) is 6.92 Å². The second-order valence-corrected chi connectivity index (χ2v) is 8.52. The lowest BCUT2D eigenvalue weighted by Gasteiger charge is -2.26. The van der Waals surface area contributed by atoms with Crippen molar-refractivity contribution in [3.63, 3.8) is 0 Å². The molecule has 0 saturated carbocycles. The van der Waals surface area contributed by atoms with Gasteiger partial charge in [0.15, 0.2) is 5.11 Å². The average Bonchev–Trinajstić information content (AvgIpc) is 3.42. The monoisotopic (exact) mass is 460 g/mol. The third-order valence-corrected chi connectivity index (χ3v) is 6.51. The number of hydrogen-bond acceptors (Lipinski definition) is 4. The SMILES string of the molecule is Cc1c(Cl)cccc1-c1ccc([C@H]2[C@H](c3ccccn3)NC(=S)N2Cc2ccncc2)o1. The zero-order valence-corrected chi connectivity index (χ0v) is 19.0. The van der Waals surface area contributed by atoms with Gasteiger partial charge in [0.25, 0.3) is 0 Å². The van der Waals surface area contributed by atoms with Gasteiger partial charge < -0.3 is 14.6 Å². The Bertz CT molecular complexity index is 1250. The summed E-state index contributed by atoms with van der Waals surface area (Å²) in [6, 6.07) is 19.5. The summed E-state index contributed by atoms with van der Waals surface area (Å²) >= 11 is 12.1. The lowest BCUT2D eigenvalue weighted by molar-refractivity contribution is 0.269. The Morgan fingerprint density at radius 2 is 1.88 bits per heavy atom. The Labute approximate surface area is 197 Å². The molecule has 2 atom stereocenters. The molecule has 5 nitrogen and oxygen atoms in total. The number of rotatable bonds is 5. The molecule has 32 heavy (non-hydrogen) atoms. The fraction of sp³-hybridized carbons (Fsp3) is 0.160. The van der Waals surface area contributed by atoms with Gasteiger partial charge in [-0.15, -0.1) is 0 Å². The maximum absolute atomic E-state index is 6.42. The highest BCUT2D eigenvalue weighted by atomic mass is 35.5. The zero-order chi connectivity index (χ0) is 22.1. The largest absolute Gasteiger partial charge is 0.459 e. The molecule has 1 aromatic carbocycles. The molecular formula is C25H21ClN4OS. The van der Waals surface area contributed by atoms with Gasteiger partial charge >= 0.3 is 0 Å². The molecular weight excluding hydrogens is 440 g/mol. The number of halogens is 1. The van der Waals surface area contributed by atoms with Crippen molar-refractivity contribution < 1.29 is 4.42 Å². The molecule has 4 aromatic rings. The van der Waals surface area contributed by atoms with Crippen LogP contribution in [-0.4, -0.2) is 20.0 Å². The number of thiocarbonyl (C=S) groups is 1. The quantitative estimate of drug-likeness (QED) is 0.376. The van der Waals surface area contributed by atoms with E-state index in [4.69, 9.17) is 28.2 Å². The van der Waals surface area contributed by atoms with Gasteiger partial charge in [0, 0.05) is 35.7 Å². The lowest BCUT2D eigenvalue weighted by Crippen LogP contribution is -2.29. The normalized spacial score (nSPS) is 18.1. The van der Waals surface area contributed by atoms with Crippen LogP contribution < -0.4 is 5.32 Å².